The topological polar surface area (TPSA) is 91.3 Å². The second-order valence-corrected chi connectivity index (χ2v) is 8.85. The first kappa shape index (κ1) is 24.6. The van der Waals surface area contributed by atoms with Gasteiger partial charge in [0.25, 0.3) is 5.69 Å². The lowest BCUT2D eigenvalue weighted by Crippen LogP contribution is -2.13. The lowest BCUT2D eigenvalue weighted by Gasteiger charge is -2.25. The molecule has 1 heterocycles. The van der Waals surface area contributed by atoms with Gasteiger partial charge in [0, 0.05) is 41.2 Å². The number of rotatable bonds is 6. The summed E-state index contributed by atoms with van der Waals surface area (Å²) < 4.78 is 28.5. The Kier molecular flexibility index (Phi) is 6.34. The van der Waals surface area contributed by atoms with Gasteiger partial charge in [-0.15, -0.1) is 0 Å². The Morgan fingerprint density at radius 1 is 0.974 bits per heavy atom. The van der Waals surface area contributed by atoms with Gasteiger partial charge < -0.3 is 10.3 Å². The number of anilines is 4. The number of aromatic nitrogens is 1. The zero-order valence-electron chi connectivity index (χ0n) is 20.5. The van der Waals surface area contributed by atoms with E-state index < -0.39 is 16.6 Å². The molecule has 1 aromatic heterocycles. The molecule has 0 saturated heterocycles. The molecule has 0 aliphatic rings. The van der Waals surface area contributed by atoms with Gasteiger partial charge in [-0.3, -0.25) is 19.8 Å². The molecule has 1 amide bonds. The van der Waals surface area contributed by atoms with Crippen molar-refractivity contribution >= 4 is 45.4 Å². The molecule has 0 aliphatic carbocycles. The van der Waals surface area contributed by atoms with E-state index in [1.807, 2.05) is 31.2 Å². The molecule has 2 N–H and O–H groups in total. The van der Waals surface area contributed by atoms with E-state index >= 15 is 0 Å². The maximum Gasteiger partial charge on any atom is 0.293 e. The van der Waals surface area contributed by atoms with E-state index in [9.17, 15) is 23.7 Å². The Bertz CT molecular complexity index is 1710. The summed E-state index contributed by atoms with van der Waals surface area (Å²) in [6, 6.07) is 22.0. The fourth-order valence-electron chi connectivity index (χ4n) is 4.52. The molecule has 0 aliphatic heterocycles. The number of nitrogens with zero attached hydrogens (tertiary/aromatic N) is 2. The molecule has 5 rings (SSSR count). The number of amides is 1. The second-order valence-electron chi connectivity index (χ2n) is 8.85. The summed E-state index contributed by atoms with van der Waals surface area (Å²) in [5, 5.41) is 15.7. The molecule has 0 bridgehead atoms. The van der Waals surface area contributed by atoms with Crippen LogP contribution in [0.3, 0.4) is 0 Å². The Labute approximate surface area is 216 Å². The molecule has 0 unspecified atom stereocenters. The average Bonchev–Trinajstić information content (AvgIpc) is 3.29. The van der Waals surface area contributed by atoms with E-state index in [4.69, 9.17) is 0 Å². The van der Waals surface area contributed by atoms with Gasteiger partial charge in [0.15, 0.2) is 0 Å². The van der Waals surface area contributed by atoms with Crippen molar-refractivity contribution in [3.8, 4) is 11.1 Å². The molecule has 4 aromatic carbocycles. The van der Waals surface area contributed by atoms with Crippen molar-refractivity contribution in [1.29, 1.82) is 0 Å². The summed E-state index contributed by atoms with van der Waals surface area (Å²) in [5.41, 5.74) is 3.14. The minimum atomic E-state index is -0.783. The summed E-state index contributed by atoms with van der Waals surface area (Å²) >= 11 is 0. The maximum absolute atomic E-state index is 14.8. The van der Waals surface area contributed by atoms with Crippen LogP contribution in [-0.2, 0) is 4.79 Å². The Hall–Kier alpha value is -5.05. The standard InChI is InChI=1S/C29H22F2N4O3/c1-17-6-5-7-26-24(17)16-29(33-26)34(27-8-3-4-9-28(27)35(37)38)22-13-19(12-21(15-22)32-18(2)36)23-11-10-20(30)14-25(23)31/h3-16,33H,1-2H3,(H,32,36). The summed E-state index contributed by atoms with van der Waals surface area (Å²) in [4.78, 5) is 28.5. The van der Waals surface area contributed by atoms with Crippen molar-refractivity contribution in [3.05, 3.63) is 112 Å². The number of halogens is 2. The first-order chi connectivity index (χ1) is 18.2. The van der Waals surface area contributed by atoms with E-state index in [-0.39, 0.29) is 22.8 Å². The minimum absolute atomic E-state index is 0.106. The average molecular weight is 513 g/mol. The predicted octanol–water partition coefficient (Wildman–Crippen LogP) is 7.76. The smallest absolute Gasteiger partial charge is 0.293 e. The number of para-hydroxylation sites is 2. The molecule has 7 nitrogen and oxygen atoms in total. The van der Waals surface area contributed by atoms with E-state index in [2.05, 4.69) is 10.3 Å². The van der Waals surface area contributed by atoms with Gasteiger partial charge in [0.2, 0.25) is 5.91 Å². The number of aryl methyl sites for hydroxylation is 1. The van der Waals surface area contributed by atoms with Gasteiger partial charge in [-0.2, -0.15) is 0 Å². The molecule has 0 spiro atoms. The molecule has 38 heavy (non-hydrogen) atoms. The number of fused-ring (bicyclic) bond motifs is 1. The lowest BCUT2D eigenvalue weighted by atomic mass is 10.0. The van der Waals surface area contributed by atoms with Crippen molar-refractivity contribution in [2.24, 2.45) is 0 Å². The number of carbonyl (C=O) groups is 1. The number of carbonyl (C=O) groups excluding carboxylic acids is 1. The van der Waals surface area contributed by atoms with E-state index in [0.717, 1.165) is 28.6 Å². The maximum atomic E-state index is 14.8. The molecule has 9 heteroatoms. The fraction of sp³-hybridized carbons (Fsp3) is 0.0690. The van der Waals surface area contributed by atoms with Crippen LogP contribution < -0.4 is 10.2 Å². The third kappa shape index (κ3) is 4.69. The highest BCUT2D eigenvalue weighted by atomic mass is 19.1. The van der Waals surface area contributed by atoms with Gasteiger partial charge in [0.05, 0.1) is 10.6 Å². The normalized spacial score (nSPS) is 10.9. The molecule has 190 valence electrons. The SMILES string of the molecule is CC(=O)Nc1cc(-c2ccc(F)cc2F)cc(N(c2cc3c(C)cccc3[nH]2)c2ccccc2[N+](=O)[O-])c1. The molecule has 0 saturated carbocycles. The van der Waals surface area contributed by atoms with E-state index in [1.54, 1.807) is 41.3 Å². The summed E-state index contributed by atoms with van der Waals surface area (Å²) in [5.74, 6) is -1.34. The summed E-state index contributed by atoms with van der Waals surface area (Å²) in [6.07, 6.45) is 0. The fourth-order valence-corrected chi connectivity index (χ4v) is 4.52. The van der Waals surface area contributed by atoms with Gasteiger partial charge in [-0.05, 0) is 66.6 Å². The molecule has 0 radical (unpaired) electrons. The largest absolute Gasteiger partial charge is 0.341 e. The number of benzene rings is 4. The van der Waals surface area contributed by atoms with Gasteiger partial charge in [-0.1, -0.05) is 24.3 Å². The lowest BCUT2D eigenvalue weighted by molar-refractivity contribution is -0.384. The molecular weight excluding hydrogens is 490 g/mol. The number of H-pyrrole nitrogens is 1. The van der Waals surface area contributed by atoms with Crippen LogP contribution in [0.25, 0.3) is 22.0 Å². The number of nitro groups is 1. The third-order valence-corrected chi connectivity index (χ3v) is 6.17. The molecule has 0 atom stereocenters. The first-order valence-corrected chi connectivity index (χ1v) is 11.7. The molecule has 5 aromatic rings. The highest BCUT2D eigenvalue weighted by Gasteiger charge is 2.25. The van der Waals surface area contributed by atoms with Crippen LogP contribution in [0.4, 0.5) is 37.3 Å². The number of hydrogen-bond acceptors (Lipinski definition) is 4. The van der Waals surface area contributed by atoms with Crippen molar-refractivity contribution in [2.45, 2.75) is 13.8 Å². The van der Waals surface area contributed by atoms with Gasteiger partial charge in [-0.25, -0.2) is 8.78 Å². The molecular formula is C29H22F2N4O3. The minimum Gasteiger partial charge on any atom is -0.341 e. The predicted molar refractivity (Wildman–Crippen MR) is 144 cm³/mol. The second kappa shape index (κ2) is 9.78. The number of nitrogens with one attached hydrogen (secondary N) is 2. The quantitative estimate of drug-likeness (QED) is 0.180. The van der Waals surface area contributed by atoms with Crippen molar-refractivity contribution in [1.82, 2.24) is 4.98 Å². The number of nitro benzene ring substituents is 1. The van der Waals surface area contributed by atoms with Crippen LogP contribution in [0.5, 0.6) is 0 Å². The zero-order valence-corrected chi connectivity index (χ0v) is 20.5. The van der Waals surface area contributed by atoms with Crippen LogP contribution in [0, 0.1) is 28.7 Å². The van der Waals surface area contributed by atoms with Gasteiger partial charge in [0.1, 0.15) is 23.1 Å². The Balaban J connectivity index is 1.81. The highest BCUT2D eigenvalue weighted by molar-refractivity contribution is 5.95. The third-order valence-electron chi connectivity index (χ3n) is 6.17. The van der Waals surface area contributed by atoms with Crippen molar-refractivity contribution in [3.63, 3.8) is 0 Å². The van der Waals surface area contributed by atoms with E-state index in [1.165, 1.54) is 19.1 Å². The molecule has 0 fully saturated rings. The van der Waals surface area contributed by atoms with Crippen molar-refractivity contribution < 1.29 is 18.5 Å². The van der Waals surface area contributed by atoms with Crippen LogP contribution in [0.1, 0.15) is 12.5 Å². The summed E-state index contributed by atoms with van der Waals surface area (Å²) in [7, 11) is 0. The van der Waals surface area contributed by atoms with Crippen LogP contribution in [0.15, 0.2) is 84.9 Å². The van der Waals surface area contributed by atoms with Crippen LogP contribution in [-0.4, -0.2) is 15.8 Å². The Morgan fingerprint density at radius 2 is 1.76 bits per heavy atom. The van der Waals surface area contributed by atoms with Crippen LogP contribution in [0.2, 0.25) is 0 Å². The Morgan fingerprint density at radius 3 is 2.47 bits per heavy atom. The first-order valence-electron chi connectivity index (χ1n) is 11.7. The number of hydrogen-bond donors (Lipinski definition) is 2. The highest BCUT2D eigenvalue weighted by Crippen LogP contribution is 2.43. The summed E-state index contributed by atoms with van der Waals surface area (Å²) in [6.45, 7) is 3.30. The monoisotopic (exact) mass is 512 g/mol. The zero-order chi connectivity index (χ0) is 27.0. The number of aromatic amines is 1. The van der Waals surface area contributed by atoms with Crippen LogP contribution >= 0.6 is 0 Å². The van der Waals surface area contributed by atoms with Crippen molar-refractivity contribution in [2.75, 3.05) is 10.2 Å². The van der Waals surface area contributed by atoms with Gasteiger partial charge >= 0.3 is 0 Å². The van der Waals surface area contributed by atoms with E-state index in [0.29, 0.717) is 22.8 Å².